The Morgan fingerprint density at radius 1 is 1.18 bits per heavy atom. The molecule has 28 heavy (non-hydrogen) atoms. The van der Waals surface area contributed by atoms with Crippen molar-refractivity contribution in [3.05, 3.63) is 40.4 Å². The standard InChI is InChI=1S/C20H24N4O3S/c1-12-7-8-16(15(9-12)18(26)13-5-3-4-6-13)23-19(27)24-20-22-11-14(28-20)10-17(25)21-2/h7-9,11,13H,3-6,10H2,1-2H3,(H,21,25)(H2,22,23,24,27). The number of amides is 3. The largest absolute Gasteiger partial charge is 0.359 e. The lowest BCUT2D eigenvalue weighted by molar-refractivity contribution is -0.119. The maximum atomic E-state index is 12.9. The molecule has 1 fully saturated rings. The summed E-state index contributed by atoms with van der Waals surface area (Å²) in [6.45, 7) is 1.93. The zero-order valence-electron chi connectivity index (χ0n) is 16.0. The molecule has 3 N–H and O–H groups in total. The molecule has 148 valence electrons. The second kappa shape index (κ2) is 8.97. The Balaban J connectivity index is 1.68. The molecule has 1 heterocycles. The van der Waals surface area contributed by atoms with Crippen LogP contribution in [0.25, 0.3) is 0 Å². The Morgan fingerprint density at radius 3 is 2.64 bits per heavy atom. The van der Waals surface area contributed by atoms with Gasteiger partial charge in [-0.3, -0.25) is 14.9 Å². The number of Topliss-reactive ketones (excluding diaryl/α,β-unsaturated/α-hetero) is 1. The van der Waals surface area contributed by atoms with Crippen LogP contribution in [0, 0.1) is 12.8 Å². The number of nitrogens with zero attached hydrogens (tertiary/aromatic N) is 1. The Labute approximate surface area is 167 Å². The third-order valence-corrected chi connectivity index (χ3v) is 5.72. The summed E-state index contributed by atoms with van der Waals surface area (Å²) >= 11 is 1.24. The van der Waals surface area contributed by atoms with Crippen LogP contribution in [0.15, 0.2) is 24.4 Å². The summed E-state index contributed by atoms with van der Waals surface area (Å²) in [5.74, 6) is 0.0182. The molecule has 1 aromatic carbocycles. The molecule has 8 heteroatoms. The van der Waals surface area contributed by atoms with Gasteiger partial charge in [0.15, 0.2) is 10.9 Å². The number of carbonyl (C=O) groups is 3. The normalized spacial score (nSPS) is 13.9. The smallest absolute Gasteiger partial charge is 0.325 e. The van der Waals surface area contributed by atoms with E-state index in [0.29, 0.717) is 16.4 Å². The number of hydrogen-bond acceptors (Lipinski definition) is 5. The number of likely N-dealkylation sites (N-methyl/N-ethyl adjacent to an activating group) is 1. The van der Waals surface area contributed by atoms with E-state index in [1.807, 2.05) is 19.1 Å². The van der Waals surface area contributed by atoms with Crippen LogP contribution < -0.4 is 16.0 Å². The average molecular weight is 401 g/mol. The van der Waals surface area contributed by atoms with Gasteiger partial charge in [-0.05, 0) is 31.9 Å². The minimum absolute atomic E-state index is 0.0386. The summed E-state index contributed by atoms with van der Waals surface area (Å²) in [5.41, 5.74) is 2.04. The number of aromatic nitrogens is 1. The zero-order chi connectivity index (χ0) is 20.1. The van der Waals surface area contributed by atoms with Gasteiger partial charge in [0, 0.05) is 29.6 Å². The maximum absolute atomic E-state index is 12.9. The van der Waals surface area contributed by atoms with Crippen molar-refractivity contribution >= 4 is 39.9 Å². The first-order chi connectivity index (χ1) is 13.5. The first-order valence-corrected chi connectivity index (χ1v) is 10.2. The number of hydrogen-bond donors (Lipinski definition) is 3. The Morgan fingerprint density at radius 2 is 1.93 bits per heavy atom. The number of rotatable bonds is 6. The second-order valence-electron chi connectivity index (χ2n) is 6.96. The van der Waals surface area contributed by atoms with Crippen molar-refractivity contribution in [2.75, 3.05) is 17.7 Å². The fraction of sp³-hybridized carbons (Fsp3) is 0.400. The van der Waals surface area contributed by atoms with Gasteiger partial charge in [0.1, 0.15) is 0 Å². The molecule has 0 saturated heterocycles. The number of benzene rings is 1. The highest BCUT2D eigenvalue weighted by Gasteiger charge is 2.26. The molecule has 7 nitrogen and oxygen atoms in total. The van der Waals surface area contributed by atoms with E-state index < -0.39 is 6.03 Å². The van der Waals surface area contributed by atoms with Gasteiger partial charge in [0.25, 0.3) is 0 Å². The summed E-state index contributed by atoms with van der Waals surface area (Å²) in [5, 5.41) is 8.38. The van der Waals surface area contributed by atoms with Gasteiger partial charge in [-0.15, -0.1) is 11.3 Å². The second-order valence-corrected chi connectivity index (χ2v) is 8.07. The van der Waals surface area contributed by atoms with E-state index >= 15 is 0 Å². The minimum atomic E-state index is -0.467. The van der Waals surface area contributed by atoms with Crippen molar-refractivity contribution in [3.63, 3.8) is 0 Å². The van der Waals surface area contributed by atoms with Crippen LogP contribution in [-0.2, 0) is 11.2 Å². The molecule has 0 bridgehead atoms. The molecule has 0 spiro atoms. The minimum Gasteiger partial charge on any atom is -0.359 e. The van der Waals surface area contributed by atoms with Gasteiger partial charge in [-0.1, -0.05) is 24.5 Å². The quantitative estimate of drug-likeness (QED) is 0.643. The Kier molecular flexibility index (Phi) is 6.41. The van der Waals surface area contributed by atoms with Crippen LogP contribution in [0.3, 0.4) is 0 Å². The topological polar surface area (TPSA) is 100 Å². The number of anilines is 2. The van der Waals surface area contributed by atoms with E-state index in [9.17, 15) is 14.4 Å². The molecular weight excluding hydrogens is 376 g/mol. The third-order valence-electron chi connectivity index (χ3n) is 4.80. The summed E-state index contributed by atoms with van der Waals surface area (Å²) in [7, 11) is 1.57. The van der Waals surface area contributed by atoms with Crippen LogP contribution in [-0.4, -0.2) is 29.8 Å². The van der Waals surface area contributed by atoms with Gasteiger partial charge in [0.05, 0.1) is 12.1 Å². The molecule has 1 aliphatic rings. The fourth-order valence-corrected chi connectivity index (χ4v) is 4.13. The highest BCUT2D eigenvalue weighted by molar-refractivity contribution is 7.15. The van der Waals surface area contributed by atoms with Crippen molar-refractivity contribution in [3.8, 4) is 0 Å². The molecular formula is C20H24N4O3S. The Bertz CT molecular complexity index is 887. The van der Waals surface area contributed by atoms with E-state index in [1.165, 1.54) is 11.3 Å². The average Bonchev–Trinajstić information content (AvgIpc) is 3.34. The van der Waals surface area contributed by atoms with Crippen molar-refractivity contribution in [2.24, 2.45) is 5.92 Å². The third kappa shape index (κ3) is 4.95. The van der Waals surface area contributed by atoms with Crippen LogP contribution in [0.4, 0.5) is 15.6 Å². The summed E-state index contributed by atoms with van der Waals surface area (Å²) in [4.78, 5) is 41.6. The molecule has 1 aliphatic carbocycles. The van der Waals surface area contributed by atoms with E-state index in [-0.39, 0.29) is 24.0 Å². The summed E-state index contributed by atoms with van der Waals surface area (Å²) in [6.07, 6.45) is 5.75. The van der Waals surface area contributed by atoms with Crippen molar-refractivity contribution < 1.29 is 14.4 Å². The number of aryl methyl sites for hydroxylation is 1. The lowest BCUT2D eigenvalue weighted by Crippen LogP contribution is -2.22. The molecule has 0 unspecified atom stereocenters. The highest BCUT2D eigenvalue weighted by atomic mass is 32.1. The maximum Gasteiger partial charge on any atom is 0.325 e. The van der Waals surface area contributed by atoms with Gasteiger partial charge in [0.2, 0.25) is 5.91 Å². The van der Waals surface area contributed by atoms with Gasteiger partial charge >= 0.3 is 6.03 Å². The molecule has 0 radical (unpaired) electrons. The van der Waals surface area contributed by atoms with E-state index in [0.717, 1.165) is 36.1 Å². The van der Waals surface area contributed by atoms with Crippen molar-refractivity contribution in [1.29, 1.82) is 0 Å². The first-order valence-electron chi connectivity index (χ1n) is 9.34. The predicted molar refractivity (Wildman–Crippen MR) is 110 cm³/mol. The predicted octanol–water partition coefficient (Wildman–Crippen LogP) is 3.76. The lowest BCUT2D eigenvalue weighted by atomic mass is 9.94. The Hall–Kier alpha value is -2.74. The van der Waals surface area contributed by atoms with Gasteiger partial charge in [-0.2, -0.15) is 0 Å². The first kappa shape index (κ1) is 20.0. The summed E-state index contributed by atoms with van der Waals surface area (Å²) < 4.78 is 0. The van der Waals surface area contributed by atoms with Crippen LogP contribution in [0.5, 0.6) is 0 Å². The summed E-state index contributed by atoms with van der Waals surface area (Å²) in [6, 6.07) is 4.99. The molecule has 3 rings (SSSR count). The van der Waals surface area contributed by atoms with Crippen LogP contribution >= 0.6 is 11.3 Å². The number of carbonyl (C=O) groups excluding carboxylic acids is 3. The van der Waals surface area contributed by atoms with Gasteiger partial charge in [-0.25, -0.2) is 9.78 Å². The number of ketones is 1. The molecule has 3 amide bonds. The molecule has 1 saturated carbocycles. The number of urea groups is 1. The zero-order valence-corrected chi connectivity index (χ0v) is 16.8. The van der Waals surface area contributed by atoms with E-state index in [1.54, 1.807) is 19.3 Å². The monoisotopic (exact) mass is 400 g/mol. The number of thiazole rings is 1. The lowest BCUT2D eigenvalue weighted by Gasteiger charge is -2.14. The van der Waals surface area contributed by atoms with Crippen molar-refractivity contribution in [2.45, 2.75) is 39.0 Å². The van der Waals surface area contributed by atoms with Gasteiger partial charge < -0.3 is 10.6 Å². The molecule has 1 aromatic heterocycles. The van der Waals surface area contributed by atoms with Crippen molar-refractivity contribution in [1.82, 2.24) is 10.3 Å². The van der Waals surface area contributed by atoms with Crippen LogP contribution in [0.1, 0.15) is 46.5 Å². The highest BCUT2D eigenvalue weighted by Crippen LogP contribution is 2.31. The molecule has 2 aromatic rings. The SMILES string of the molecule is CNC(=O)Cc1cnc(NC(=O)Nc2ccc(C)cc2C(=O)C2CCCC2)s1. The van der Waals surface area contributed by atoms with E-state index in [2.05, 4.69) is 20.9 Å². The fourth-order valence-electron chi connectivity index (χ4n) is 3.32. The molecule has 0 atom stereocenters. The number of nitrogens with one attached hydrogen (secondary N) is 3. The van der Waals surface area contributed by atoms with Crippen LogP contribution in [0.2, 0.25) is 0 Å². The molecule has 0 aliphatic heterocycles. The van der Waals surface area contributed by atoms with E-state index in [4.69, 9.17) is 0 Å².